The van der Waals surface area contributed by atoms with Crippen LogP contribution in [0.2, 0.25) is 0 Å². The molecule has 0 aliphatic rings. The summed E-state index contributed by atoms with van der Waals surface area (Å²) in [6.45, 7) is 6.27. The zero-order valence-corrected chi connectivity index (χ0v) is 30.7. The zero-order valence-electron chi connectivity index (χ0n) is 30.7. The van der Waals surface area contributed by atoms with Crippen LogP contribution in [0.15, 0.2) is 179 Å². The van der Waals surface area contributed by atoms with E-state index in [2.05, 4.69) is 93.6 Å². The fraction of sp³-hybridized carbons (Fsp3) is 0.125. The Labute approximate surface area is 317 Å². The number of pyridine rings is 3. The molecule has 0 fully saturated rings. The van der Waals surface area contributed by atoms with Gasteiger partial charge in [0.05, 0.1) is 35.2 Å². The van der Waals surface area contributed by atoms with Gasteiger partial charge in [-0.1, -0.05) is 109 Å². The second-order valence-corrected chi connectivity index (χ2v) is 13.3. The Kier molecular flexibility index (Phi) is 11.4. The highest BCUT2D eigenvalue weighted by Crippen LogP contribution is 2.33. The molecule has 4 aromatic carbocycles. The molecule has 7 rings (SSSR count). The molecular weight excluding hydrogens is 661 g/mol. The molecule has 6 nitrogen and oxygen atoms in total. The van der Waals surface area contributed by atoms with Gasteiger partial charge >= 0.3 is 0 Å². The maximum Gasteiger partial charge on any atom is 0.0808 e. The Hall–Kier alpha value is -6.66. The molecule has 3 atom stereocenters. The van der Waals surface area contributed by atoms with Gasteiger partial charge in [0.2, 0.25) is 0 Å². The standard InChI is InChI=1S/C48H42N6/c1-34(37-13-7-4-8-14-37)49-31-46-22-19-40(28-52-46)43-25-44(41-20-23-47(53-29-41)32-50-35(2)38-15-9-5-10-16-38)27-45(26-43)42-21-24-48(54-30-42)33-51-36(3)39-17-11-6-12-18-39/h4-36H,1-3H3/t34-,35-,36-/m0/s1. The highest BCUT2D eigenvalue weighted by atomic mass is 14.8. The van der Waals surface area contributed by atoms with E-state index in [9.17, 15) is 0 Å². The van der Waals surface area contributed by atoms with E-state index in [0.29, 0.717) is 0 Å². The van der Waals surface area contributed by atoms with Crippen LogP contribution in [-0.4, -0.2) is 33.6 Å². The van der Waals surface area contributed by atoms with E-state index < -0.39 is 0 Å². The summed E-state index contributed by atoms with van der Waals surface area (Å²) in [4.78, 5) is 28.5. The molecule has 0 aliphatic carbocycles. The SMILES string of the molecule is C[C@H](N=Cc1ccc(-c2cc(-c3ccc(C=N[C@@H](C)c4ccccc4)nc3)cc(-c3ccc(C=N[C@@H](C)c4ccccc4)nc3)c2)cn1)c1ccccc1. The predicted molar refractivity (Wildman–Crippen MR) is 223 cm³/mol. The summed E-state index contributed by atoms with van der Waals surface area (Å²) in [6, 6.07) is 49.9. The van der Waals surface area contributed by atoms with Crippen molar-refractivity contribution in [1.29, 1.82) is 0 Å². The van der Waals surface area contributed by atoms with Gasteiger partial charge in [0.25, 0.3) is 0 Å². The maximum absolute atomic E-state index is 4.76. The summed E-state index contributed by atoms with van der Waals surface area (Å²) in [5.74, 6) is 0. The number of hydrogen-bond acceptors (Lipinski definition) is 6. The van der Waals surface area contributed by atoms with Gasteiger partial charge in [-0.05, 0) is 90.6 Å². The van der Waals surface area contributed by atoms with E-state index in [1.54, 1.807) is 0 Å². The summed E-state index contributed by atoms with van der Waals surface area (Å²) in [5, 5.41) is 0. The van der Waals surface area contributed by atoms with Gasteiger partial charge < -0.3 is 0 Å². The molecule has 0 saturated carbocycles. The van der Waals surface area contributed by atoms with Gasteiger partial charge in [-0.3, -0.25) is 29.9 Å². The first-order valence-corrected chi connectivity index (χ1v) is 18.3. The van der Waals surface area contributed by atoms with E-state index in [1.807, 2.05) is 110 Å². The van der Waals surface area contributed by atoms with Crippen LogP contribution in [0.25, 0.3) is 33.4 Å². The van der Waals surface area contributed by atoms with Crippen LogP contribution in [0.4, 0.5) is 0 Å². The van der Waals surface area contributed by atoms with E-state index in [1.165, 1.54) is 16.7 Å². The van der Waals surface area contributed by atoms with Crippen LogP contribution < -0.4 is 0 Å². The van der Waals surface area contributed by atoms with Gasteiger partial charge in [0.15, 0.2) is 0 Å². The molecule has 264 valence electrons. The average molecular weight is 703 g/mol. The van der Waals surface area contributed by atoms with E-state index in [0.717, 1.165) is 50.5 Å². The minimum absolute atomic E-state index is 0.0454. The molecule has 0 spiro atoms. The summed E-state index contributed by atoms with van der Waals surface area (Å²) in [5.41, 5.74) is 12.1. The molecule has 0 N–H and O–H groups in total. The third-order valence-electron chi connectivity index (χ3n) is 9.43. The van der Waals surface area contributed by atoms with Gasteiger partial charge in [0, 0.05) is 53.9 Å². The lowest BCUT2D eigenvalue weighted by Crippen LogP contribution is -1.95. The number of hydrogen-bond donors (Lipinski definition) is 0. The smallest absolute Gasteiger partial charge is 0.0808 e. The van der Waals surface area contributed by atoms with Crippen LogP contribution in [-0.2, 0) is 0 Å². The summed E-state index contributed by atoms with van der Waals surface area (Å²) >= 11 is 0. The molecular formula is C48H42N6. The number of nitrogens with zero attached hydrogens (tertiary/aromatic N) is 6. The van der Waals surface area contributed by atoms with Crippen LogP contribution in [0.5, 0.6) is 0 Å². The molecule has 6 heteroatoms. The molecule has 3 aromatic heterocycles. The fourth-order valence-corrected chi connectivity index (χ4v) is 6.10. The van der Waals surface area contributed by atoms with E-state index in [-0.39, 0.29) is 18.1 Å². The van der Waals surface area contributed by atoms with Crippen molar-refractivity contribution in [2.24, 2.45) is 15.0 Å². The van der Waals surface area contributed by atoms with Gasteiger partial charge in [-0.15, -0.1) is 0 Å². The predicted octanol–water partition coefficient (Wildman–Crippen LogP) is 11.4. The van der Waals surface area contributed by atoms with Gasteiger partial charge in [-0.25, -0.2) is 0 Å². The van der Waals surface area contributed by atoms with E-state index in [4.69, 9.17) is 29.9 Å². The molecule has 0 radical (unpaired) electrons. The van der Waals surface area contributed by atoms with Crippen molar-refractivity contribution in [3.63, 3.8) is 0 Å². The molecule has 0 saturated heterocycles. The van der Waals surface area contributed by atoms with Crippen molar-refractivity contribution in [3.8, 4) is 33.4 Å². The lowest BCUT2D eigenvalue weighted by Gasteiger charge is -2.12. The van der Waals surface area contributed by atoms with Gasteiger partial charge in [-0.2, -0.15) is 0 Å². The minimum Gasteiger partial charge on any atom is -0.283 e. The molecule has 0 unspecified atom stereocenters. The van der Waals surface area contributed by atoms with Crippen molar-refractivity contribution in [3.05, 3.63) is 198 Å². The van der Waals surface area contributed by atoms with Crippen LogP contribution in [0.3, 0.4) is 0 Å². The molecule has 0 bridgehead atoms. The third-order valence-corrected chi connectivity index (χ3v) is 9.43. The first kappa shape index (κ1) is 35.7. The van der Waals surface area contributed by atoms with Crippen molar-refractivity contribution >= 4 is 18.6 Å². The largest absolute Gasteiger partial charge is 0.283 e. The van der Waals surface area contributed by atoms with E-state index >= 15 is 0 Å². The monoisotopic (exact) mass is 702 g/mol. The quantitative estimate of drug-likeness (QED) is 0.119. The second kappa shape index (κ2) is 17.2. The first-order chi connectivity index (χ1) is 26.5. The highest BCUT2D eigenvalue weighted by Gasteiger charge is 2.10. The Balaban J connectivity index is 1.16. The molecule has 7 aromatic rings. The summed E-state index contributed by atoms with van der Waals surface area (Å²) < 4.78 is 0. The Morgan fingerprint density at radius 3 is 0.870 bits per heavy atom. The van der Waals surface area contributed by atoms with Crippen LogP contribution in [0.1, 0.15) is 72.7 Å². The Morgan fingerprint density at radius 1 is 0.352 bits per heavy atom. The molecule has 54 heavy (non-hydrogen) atoms. The van der Waals surface area contributed by atoms with Crippen molar-refractivity contribution in [2.75, 3.05) is 0 Å². The first-order valence-electron chi connectivity index (χ1n) is 18.3. The third kappa shape index (κ3) is 9.22. The van der Waals surface area contributed by atoms with Crippen LogP contribution >= 0.6 is 0 Å². The fourth-order valence-electron chi connectivity index (χ4n) is 6.10. The highest BCUT2D eigenvalue weighted by molar-refractivity contribution is 5.84. The summed E-state index contributed by atoms with van der Waals surface area (Å²) in [6.07, 6.45) is 11.3. The summed E-state index contributed by atoms with van der Waals surface area (Å²) in [7, 11) is 0. The number of aromatic nitrogens is 3. The van der Waals surface area contributed by atoms with Crippen molar-refractivity contribution in [2.45, 2.75) is 38.9 Å². The Morgan fingerprint density at radius 2 is 0.630 bits per heavy atom. The maximum atomic E-state index is 4.76. The van der Waals surface area contributed by atoms with Gasteiger partial charge in [0.1, 0.15) is 0 Å². The topological polar surface area (TPSA) is 75.8 Å². The molecule has 0 aliphatic heterocycles. The number of benzene rings is 4. The Bertz CT molecular complexity index is 2050. The lowest BCUT2D eigenvalue weighted by molar-refractivity contribution is 0.824. The molecule has 0 amide bonds. The zero-order chi connectivity index (χ0) is 37.1. The minimum atomic E-state index is 0.0454. The lowest BCUT2D eigenvalue weighted by atomic mass is 9.94. The second-order valence-electron chi connectivity index (χ2n) is 13.3. The van der Waals surface area contributed by atoms with Crippen LogP contribution in [0, 0.1) is 0 Å². The average Bonchev–Trinajstić information content (AvgIpc) is 3.25. The number of aliphatic imine (C=N–C) groups is 3. The molecule has 3 heterocycles. The van der Waals surface area contributed by atoms with Crippen molar-refractivity contribution < 1.29 is 0 Å². The number of rotatable bonds is 12. The normalized spacial score (nSPS) is 13.4. The van der Waals surface area contributed by atoms with Crippen molar-refractivity contribution in [1.82, 2.24) is 15.0 Å².